The molecule has 154 valence electrons. The van der Waals surface area contributed by atoms with Crippen LogP contribution in [0, 0.1) is 23.7 Å². The topological polar surface area (TPSA) is 61.4 Å². The van der Waals surface area contributed by atoms with Crippen LogP contribution in [0.3, 0.4) is 0 Å². The summed E-state index contributed by atoms with van der Waals surface area (Å²) in [7, 11) is 0. The van der Waals surface area contributed by atoms with E-state index in [0.717, 1.165) is 37.9 Å². The Hall–Kier alpha value is -1.88. The Bertz CT molecular complexity index is 680. The third kappa shape index (κ3) is 6.06. The summed E-state index contributed by atoms with van der Waals surface area (Å²) in [5.41, 5.74) is 2.47. The van der Waals surface area contributed by atoms with Gasteiger partial charge in [0.15, 0.2) is 0 Å². The number of amides is 2. The van der Waals surface area contributed by atoms with E-state index in [1.807, 2.05) is 6.07 Å². The Morgan fingerprint density at radius 1 is 1.00 bits per heavy atom. The molecule has 1 saturated carbocycles. The van der Waals surface area contributed by atoms with Crippen molar-refractivity contribution < 1.29 is 9.59 Å². The smallest absolute Gasteiger partial charge is 0.223 e. The monoisotopic (exact) mass is 385 g/mol. The van der Waals surface area contributed by atoms with Gasteiger partial charge in [-0.25, -0.2) is 0 Å². The maximum atomic E-state index is 12.2. The normalized spacial score (nSPS) is 27.2. The van der Waals surface area contributed by atoms with Gasteiger partial charge in [-0.3, -0.25) is 14.5 Å². The first-order chi connectivity index (χ1) is 13.4. The number of piperidine rings is 1. The van der Waals surface area contributed by atoms with E-state index in [-0.39, 0.29) is 17.7 Å². The molecular weight excluding hydrogens is 350 g/mol. The summed E-state index contributed by atoms with van der Waals surface area (Å²) in [5, 5.41) is 5.88. The fraction of sp³-hybridized carbons (Fsp3) is 0.652. The van der Waals surface area contributed by atoms with Crippen molar-refractivity contribution in [3.8, 4) is 0 Å². The highest BCUT2D eigenvalue weighted by atomic mass is 16.2. The fourth-order valence-electron chi connectivity index (χ4n) is 4.45. The molecule has 5 heteroatoms. The van der Waals surface area contributed by atoms with Crippen LogP contribution in [-0.4, -0.2) is 36.3 Å². The van der Waals surface area contributed by atoms with Crippen LogP contribution < -0.4 is 10.6 Å². The molecule has 1 aliphatic carbocycles. The average molecular weight is 386 g/mol. The predicted molar refractivity (Wildman–Crippen MR) is 111 cm³/mol. The molecule has 1 heterocycles. The van der Waals surface area contributed by atoms with Crippen molar-refractivity contribution in [2.24, 2.45) is 23.7 Å². The van der Waals surface area contributed by atoms with Crippen LogP contribution in [0.1, 0.15) is 51.2 Å². The number of rotatable bonds is 8. The molecule has 2 aliphatic rings. The van der Waals surface area contributed by atoms with E-state index in [9.17, 15) is 9.59 Å². The van der Waals surface area contributed by atoms with E-state index in [1.54, 1.807) is 0 Å². The standard InChI is InChI=1S/C23H35N3O2/c1-16-10-17(2)14-26(13-16)15-20-7-5-4-6-19(20)12-25-22(27)8-9-24-23(28)21-11-18(21)3/h4-7,16-18,21H,8-15H2,1-3H3,(H,24,28)(H,25,27)/t16-,17+,18-,21+/m0/s1. The van der Waals surface area contributed by atoms with Crippen molar-refractivity contribution in [1.29, 1.82) is 0 Å². The van der Waals surface area contributed by atoms with Crippen LogP contribution >= 0.6 is 0 Å². The van der Waals surface area contributed by atoms with E-state index in [1.165, 1.54) is 17.5 Å². The van der Waals surface area contributed by atoms with Crippen molar-refractivity contribution >= 4 is 11.8 Å². The molecule has 28 heavy (non-hydrogen) atoms. The van der Waals surface area contributed by atoms with Gasteiger partial charge in [-0.1, -0.05) is 45.0 Å². The van der Waals surface area contributed by atoms with Crippen LogP contribution in [0.4, 0.5) is 0 Å². The van der Waals surface area contributed by atoms with E-state index in [0.29, 0.717) is 25.4 Å². The van der Waals surface area contributed by atoms with Crippen molar-refractivity contribution in [3.63, 3.8) is 0 Å². The second-order valence-electron chi connectivity index (χ2n) is 9.05. The summed E-state index contributed by atoms with van der Waals surface area (Å²) in [5.74, 6) is 2.22. The van der Waals surface area contributed by atoms with Gasteiger partial charge >= 0.3 is 0 Å². The molecule has 2 amide bonds. The molecule has 0 unspecified atom stereocenters. The van der Waals surface area contributed by atoms with E-state index in [2.05, 4.69) is 54.5 Å². The lowest BCUT2D eigenvalue weighted by atomic mass is 9.91. The molecule has 1 saturated heterocycles. The highest BCUT2D eigenvalue weighted by molar-refractivity contribution is 5.82. The van der Waals surface area contributed by atoms with E-state index in [4.69, 9.17) is 0 Å². The van der Waals surface area contributed by atoms with Crippen LogP contribution in [0.15, 0.2) is 24.3 Å². The Morgan fingerprint density at radius 3 is 2.29 bits per heavy atom. The molecule has 1 aliphatic heterocycles. The number of nitrogens with one attached hydrogen (secondary N) is 2. The third-order valence-electron chi connectivity index (χ3n) is 6.03. The zero-order valence-corrected chi connectivity index (χ0v) is 17.5. The molecule has 5 nitrogen and oxygen atoms in total. The van der Waals surface area contributed by atoms with Crippen LogP contribution in [0.5, 0.6) is 0 Å². The maximum absolute atomic E-state index is 12.2. The Balaban J connectivity index is 1.44. The molecule has 0 aromatic heterocycles. The van der Waals surface area contributed by atoms with Gasteiger partial charge in [0.2, 0.25) is 11.8 Å². The lowest BCUT2D eigenvalue weighted by Crippen LogP contribution is -2.38. The highest BCUT2D eigenvalue weighted by Gasteiger charge is 2.38. The van der Waals surface area contributed by atoms with Gasteiger partial charge in [-0.15, -0.1) is 0 Å². The van der Waals surface area contributed by atoms with Gasteiger partial charge in [0.25, 0.3) is 0 Å². The summed E-state index contributed by atoms with van der Waals surface area (Å²) in [4.78, 5) is 26.5. The summed E-state index contributed by atoms with van der Waals surface area (Å²) < 4.78 is 0. The van der Waals surface area contributed by atoms with Crippen molar-refractivity contribution in [1.82, 2.24) is 15.5 Å². The van der Waals surface area contributed by atoms with Crippen molar-refractivity contribution in [2.75, 3.05) is 19.6 Å². The highest BCUT2D eigenvalue weighted by Crippen LogP contribution is 2.37. The number of hydrogen-bond acceptors (Lipinski definition) is 3. The minimum Gasteiger partial charge on any atom is -0.355 e. The first-order valence-electron chi connectivity index (χ1n) is 10.8. The number of carbonyl (C=O) groups is 2. The molecule has 1 aromatic carbocycles. The molecule has 4 atom stereocenters. The largest absolute Gasteiger partial charge is 0.355 e. The van der Waals surface area contributed by atoms with Crippen molar-refractivity contribution in [2.45, 2.75) is 53.1 Å². The fourth-order valence-corrected chi connectivity index (χ4v) is 4.45. The van der Waals surface area contributed by atoms with Gasteiger partial charge in [0, 0.05) is 45.1 Å². The second-order valence-corrected chi connectivity index (χ2v) is 9.05. The minimum absolute atomic E-state index is 0.0147. The van der Waals surface area contributed by atoms with Gasteiger partial charge < -0.3 is 10.6 Å². The van der Waals surface area contributed by atoms with Gasteiger partial charge in [-0.05, 0) is 41.7 Å². The summed E-state index contributed by atoms with van der Waals surface area (Å²) in [6.07, 6.45) is 2.62. The predicted octanol–water partition coefficient (Wildman–Crippen LogP) is 2.94. The molecule has 0 bridgehead atoms. The molecule has 0 spiro atoms. The lowest BCUT2D eigenvalue weighted by molar-refractivity contribution is -0.123. The Labute approximate surface area is 169 Å². The zero-order valence-electron chi connectivity index (χ0n) is 17.5. The SMILES string of the molecule is C[C@@H]1C[C@H](C)CN(Cc2ccccc2CNC(=O)CCNC(=O)[C@@H]2C[C@@H]2C)C1. The van der Waals surface area contributed by atoms with Gasteiger partial charge in [0.1, 0.15) is 0 Å². The maximum Gasteiger partial charge on any atom is 0.223 e. The first kappa shape index (κ1) is 20.8. The molecule has 0 radical (unpaired) electrons. The number of hydrogen-bond donors (Lipinski definition) is 2. The summed E-state index contributed by atoms with van der Waals surface area (Å²) in [6.45, 7) is 10.9. The van der Waals surface area contributed by atoms with E-state index >= 15 is 0 Å². The Kier molecular flexibility index (Phi) is 7.11. The summed E-state index contributed by atoms with van der Waals surface area (Å²) >= 11 is 0. The minimum atomic E-state index is -0.0147. The number of nitrogens with zero attached hydrogens (tertiary/aromatic N) is 1. The third-order valence-corrected chi connectivity index (χ3v) is 6.03. The first-order valence-corrected chi connectivity index (χ1v) is 10.8. The molecule has 2 N–H and O–H groups in total. The molecule has 1 aromatic rings. The average Bonchev–Trinajstić information content (AvgIpc) is 3.37. The molecular formula is C23H35N3O2. The zero-order chi connectivity index (χ0) is 20.1. The molecule has 2 fully saturated rings. The van der Waals surface area contributed by atoms with E-state index < -0.39 is 0 Å². The Morgan fingerprint density at radius 2 is 1.64 bits per heavy atom. The molecule has 3 rings (SSSR count). The van der Waals surface area contributed by atoms with Crippen LogP contribution in [0.25, 0.3) is 0 Å². The number of likely N-dealkylation sites (tertiary alicyclic amines) is 1. The van der Waals surface area contributed by atoms with Crippen LogP contribution in [0.2, 0.25) is 0 Å². The quantitative estimate of drug-likeness (QED) is 0.723. The number of benzene rings is 1. The van der Waals surface area contributed by atoms with Gasteiger partial charge in [-0.2, -0.15) is 0 Å². The summed E-state index contributed by atoms with van der Waals surface area (Å²) in [6, 6.07) is 8.38. The second kappa shape index (κ2) is 9.55. The van der Waals surface area contributed by atoms with Gasteiger partial charge in [0.05, 0.1) is 0 Å². The number of carbonyl (C=O) groups excluding carboxylic acids is 2. The van der Waals surface area contributed by atoms with Crippen molar-refractivity contribution in [3.05, 3.63) is 35.4 Å². The lowest BCUT2D eigenvalue weighted by Gasteiger charge is -2.35. The van der Waals surface area contributed by atoms with Crippen LogP contribution in [-0.2, 0) is 22.7 Å².